The molecular formula is C14H12O5S. The molecule has 0 unspecified atom stereocenters. The lowest BCUT2D eigenvalue weighted by Crippen LogP contribution is -2.04. The maximum absolute atomic E-state index is 12.2. The molecule has 0 saturated heterocycles. The number of hydrogen-bond donors (Lipinski definition) is 1. The molecule has 0 saturated carbocycles. The van der Waals surface area contributed by atoms with Crippen LogP contribution in [0.1, 0.15) is 15.9 Å². The Hall–Kier alpha value is -2.18. The molecule has 104 valence electrons. The number of carbonyl (C=O) groups is 1. The lowest BCUT2D eigenvalue weighted by Gasteiger charge is -2.04. The van der Waals surface area contributed by atoms with E-state index in [2.05, 4.69) is 0 Å². The van der Waals surface area contributed by atoms with Crippen LogP contribution in [-0.4, -0.2) is 25.9 Å². The first-order valence-electron chi connectivity index (χ1n) is 5.68. The Kier molecular flexibility index (Phi) is 3.87. The molecule has 1 N–H and O–H groups in total. The maximum atomic E-state index is 12.2. The molecule has 2 aromatic rings. The minimum atomic E-state index is -4.32. The van der Waals surface area contributed by atoms with Crippen LogP contribution in [0.2, 0.25) is 0 Å². The van der Waals surface area contributed by atoms with Crippen molar-refractivity contribution in [3.8, 4) is 5.75 Å². The van der Waals surface area contributed by atoms with Crippen molar-refractivity contribution in [3.05, 3.63) is 59.7 Å². The Labute approximate surface area is 116 Å². The molecule has 0 aliphatic heterocycles. The van der Waals surface area contributed by atoms with Crippen molar-refractivity contribution in [1.82, 2.24) is 0 Å². The van der Waals surface area contributed by atoms with E-state index in [4.69, 9.17) is 9.29 Å². The van der Waals surface area contributed by atoms with Gasteiger partial charge in [0.15, 0.2) is 5.78 Å². The van der Waals surface area contributed by atoms with Crippen LogP contribution in [0, 0.1) is 0 Å². The van der Waals surface area contributed by atoms with E-state index in [9.17, 15) is 13.2 Å². The van der Waals surface area contributed by atoms with Gasteiger partial charge in [0.2, 0.25) is 0 Å². The summed E-state index contributed by atoms with van der Waals surface area (Å²) in [5.74, 6) is 0.284. The summed E-state index contributed by atoms with van der Waals surface area (Å²) >= 11 is 0. The highest BCUT2D eigenvalue weighted by Crippen LogP contribution is 2.17. The Morgan fingerprint density at radius 3 is 2.25 bits per heavy atom. The van der Waals surface area contributed by atoms with Gasteiger partial charge >= 0.3 is 0 Å². The molecule has 0 aliphatic rings. The quantitative estimate of drug-likeness (QED) is 0.690. The van der Waals surface area contributed by atoms with Crippen molar-refractivity contribution in [2.45, 2.75) is 4.90 Å². The van der Waals surface area contributed by atoms with Crippen molar-refractivity contribution < 1.29 is 22.5 Å². The van der Waals surface area contributed by atoms with Crippen molar-refractivity contribution >= 4 is 15.9 Å². The van der Waals surface area contributed by atoms with E-state index in [1.165, 1.54) is 25.3 Å². The van der Waals surface area contributed by atoms with Crippen LogP contribution in [0.3, 0.4) is 0 Å². The van der Waals surface area contributed by atoms with Gasteiger partial charge in [-0.05, 0) is 36.4 Å². The summed E-state index contributed by atoms with van der Waals surface area (Å²) in [4.78, 5) is 11.9. The molecule has 0 atom stereocenters. The largest absolute Gasteiger partial charge is 0.497 e. The lowest BCUT2D eigenvalue weighted by molar-refractivity contribution is 0.103. The van der Waals surface area contributed by atoms with E-state index in [-0.39, 0.29) is 16.2 Å². The van der Waals surface area contributed by atoms with Gasteiger partial charge < -0.3 is 4.74 Å². The smallest absolute Gasteiger partial charge is 0.294 e. The number of carbonyl (C=O) groups excluding carboxylic acids is 1. The van der Waals surface area contributed by atoms with Gasteiger partial charge in [-0.15, -0.1) is 0 Å². The van der Waals surface area contributed by atoms with Gasteiger partial charge in [0.25, 0.3) is 10.1 Å². The normalized spacial score (nSPS) is 11.1. The van der Waals surface area contributed by atoms with Crippen molar-refractivity contribution in [3.63, 3.8) is 0 Å². The Morgan fingerprint density at radius 2 is 1.70 bits per heavy atom. The van der Waals surface area contributed by atoms with Crippen LogP contribution in [0.25, 0.3) is 0 Å². The fraction of sp³-hybridized carbons (Fsp3) is 0.0714. The summed E-state index contributed by atoms with van der Waals surface area (Å²) in [7, 11) is -2.80. The first-order chi connectivity index (χ1) is 9.41. The van der Waals surface area contributed by atoms with Crippen LogP contribution >= 0.6 is 0 Å². The second-order valence-corrected chi connectivity index (χ2v) is 5.48. The van der Waals surface area contributed by atoms with Crippen LogP contribution in [0.15, 0.2) is 53.4 Å². The summed E-state index contributed by atoms with van der Waals surface area (Å²) in [5.41, 5.74) is 0.587. The van der Waals surface area contributed by atoms with Gasteiger partial charge in [-0.25, -0.2) is 0 Å². The molecule has 2 aromatic carbocycles. The zero-order chi connectivity index (χ0) is 14.8. The van der Waals surface area contributed by atoms with Crippen LogP contribution in [0.4, 0.5) is 0 Å². The van der Waals surface area contributed by atoms with E-state index in [0.29, 0.717) is 11.3 Å². The summed E-state index contributed by atoms with van der Waals surface area (Å²) in [6.45, 7) is 0. The van der Waals surface area contributed by atoms with Gasteiger partial charge in [0.1, 0.15) is 5.75 Å². The van der Waals surface area contributed by atoms with Crippen LogP contribution in [-0.2, 0) is 10.1 Å². The monoisotopic (exact) mass is 292 g/mol. The zero-order valence-electron chi connectivity index (χ0n) is 10.6. The average Bonchev–Trinajstić information content (AvgIpc) is 2.46. The van der Waals surface area contributed by atoms with E-state index < -0.39 is 10.1 Å². The zero-order valence-corrected chi connectivity index (χ0v) is 11.4. The summed E-state index contributed by atoms with van der Waals surface area (Å²) < 4.78 is 36.1. The van der Waals surface area contributed by atoms with Crippen LogP contribution < -0.4 is 4.74 Å². The number of methoxy groups -OCH3 is 1. The summed E-state index contributed by atoms with van der Waals surface area (Å²) in [6, 6.07) is 11.7. The highest BCUT2D eigenvalue weighted by molar-refractivity contribution is 7.85. The third kappa shape index (κ3) is 3.04. The lowest BCUT2D eigenvalue weighted by atomic mass is 10.0. The maximum Gasteiger partial charge on any atom is 0.294 e. The second-order valence-electron chi connectivity index (χ2n) is 4.06. The molecular weight excluding hydrogens is 280 g/mol. The molecule has 0 amide bonds. The van der Waals surface area contributed by atoms with E-state index >= 15 is 0 Å². The molecule has 0 bridgehead atoms. The molecule has 6 heteroatoms. The minimum Gasteiger partial charge on any atom is -0.497 e. The van der Waals surface area contributed by atoms with Gasteiger partial charge in [0, 0.05) is 11.1 Å². The van der Waals surface area contributed by atoms with E-state index in [0.717, 1.165) is 6.07 Å². The molecule has 2 rings (SSSR count). The van der Waals surface area contributed by atoms with Gasteiger partial charge in [0.05, 0.1) is 12.0 Å². The fourth-order valence-corrected chi connectivity index (χ4v) is 2.23. The highest BCUT2D eigenvalue weighted by atomic mass is 32.2. The molecule has 0 aromatic heterocycles. The average molecular weight is 292 g/mol. The fourth-order valence-electron chi connectivity index (χ4n) is 1.71. The van der Waals surface area contributed by atoms with Crippen molar-refractivity contribution in [2.75, 3.05) is 7.11 Å². The number of benzene rings is 2. The Bertz CT molecular complexity index is 732. The highest BCUT2D eigenvalue weighted by Gasteiger charge is 2.14. The van der Waals surface area contributed by atoms with Gasteiger partial charge in [-0.2, -0.15) is 8.42 Å². The first-order valence-corrected chi connectivity index (χ1v) is 7.12. The third-order valence-corrected chi connectivity index (χ3v) is 3.60. The first kappa shape index (κ1) is 14.2. The van der Waals surface area contributed by atoms with Crippen LogP contribution in [0.5, 0.6) is 5.75 Å². The van der Waals surface area contributed by atoms with Crippen molar-refractivity contribution in [2.24, 2.45) is 0 Å². The molecule has 0 heterocycles. The molecule has 0 aliphatic carbocycles. The van der Waals surface area contributed by atoms with E-state index in [1.54, 1.807) is 24.3 Å². The Balaban J connectivity index is 2.38. The van der Waals surface area contributed by atoms with Crippen molar-refractivity contribution in [1.29, 1.82) is 0 Å². The Morgan fingerprint density at radius 1 is 1.05 bits per heavy atom. The number of hydrogen-bond acceptors (Lipinski definition) is 4. The summed E-state index contributed by atoms with van der Waals surface area (Å²) in [6.07, 6.45) is 0. The predicted molar refractivity (Wildman–Crippen MR) is 72.7 cm³/mol. The van der Waals surface area contributed by atoms with Gasteiger partial charge in [-0.3, -0.25) is 9.35 Å². The molecule has 20 heavy (non-hydrogen) atoms. The predicted octanol–water partition coefficient (Wildman–Crippen LogP) is 2.17. The number of rotatable bonds is 4. The minimum absolute atomic E-state index is 0.185. The topological polar surface area (TPSA) is 80.7 Å². The van der Waals surface area contributed by atoms with E-state index in [1.807, 2.05) is 0 Å². The molecule has 0 fully saturated rings. The second kappa shape index (κ2) is 5.44. The standard InChI is InChI=1S/C14H12O5S/c1-19-12-7-5-10(6-8-12)14(15)11-3-2-4-13(9-11)20(16,17)18/h2-9H,1H3,(H,16,17,18). The number of ketones is 1. The molecule has 5 nitrogen and oxygen atoms in total. The summed E-state index contributed by atoms with van der Waals surface area (Å²) in [5, 5.41) is 0. The third-order valence-electron chi connectivity index (χ3n) is 2.75. The number of ether oxygens (including phenoxy) is 1. The molecule has 0 radical (unpaired) electrons. The molecule has 0 spiro atoms. The van der Waals surface area contributed by atoms with Gasteiger partial charge in [-0.1, -0.05) is 12.1 Å². The SMILES string of the molecule is COc1ccc(C(=O)c2cccc(S(=O)(=O)O)c2)cc1.